The molecule has 128 valence electrons. The second-order valence-electron chi connectivity index (χ2n) is 6.40. The van der Waals surface area contributed by atoms with E-state index in [1.54, 1.807) is 13.4 Å². The van der Waals surface area contributed by atoms with Gasteiger partial charge in [-0.25, -0.2) is 9.97 Å². The number of fused-ring (bicyclic) bond motifs is 1. The minimum Gasteiger partial charge on any atom is -0.496 e. The summed E-state index contributed by atoms with van der Waals surface area (Å²) in [5.41, 5.74) is 3.63. The number of rotatable bonds is 6. The lowest BCUT2D eigenvalue weighted by Crippen LogP contribution is -2.20. The van der Waals surface area contributed by atoms with E-state index in [0.29, 0.717) is 11.1 Å². The Kier molecular flexibility index (Phi) is 5.24. The summed E-state index contributed by atoms with van der Waals surface area (Å²) in [6.07, 6.45) is 4.78. The maximum Gasteiger partial charge on any atom is 0.137 e. The highest BCUT2D eigenvalue weighted by Gasteiger charge is 2.24. The molecule has 0 bridgehead atoms. The summed E-state index contributed by atoms with van der Waals surface area (Å²) < 4.78 is 5.56. The third-order valence-corrected chi connectivity index (χ3v) is 5.05. The average molecular weight is 346 g/mol. The Labute approximate surface area is 148 Å². The first-order valence-corrected chi connectivity index (χ1v) is 8.93. The number of hydrogen-bond donors (Lipinski definition) is 0. The fraction of sp³-hybridized carbons (Fsp3) is 0.474. The van der Waals surface area contributed by atoms with Crippen LogP contribution in [0.3, 0.4) is 0 Å². The molecule has 0 spiro atoms. The van der Waals surface area contributed by atoms with E-state index in [-0.39, 0.29) is 0 Å². The van der Waals surface area contributed by atoms with Gasteiger partial charge in [-0.2, -0.15) is 0 Å². The molecule has 0 saturated carbocycles. The van der Waals surface area contributed by atoms with Crippen LogP contribution in [0, 0.1) is 0 Å². The van der Waals surface area contributed by atoms with Crippen LogP contribution in [0.15, 0.2) is 24.5 Å². The molecule has 0 fully saturated rings. The zero-order valence-electron chi connectivity index (χ0n) is 14.6. The first-order valence-electron chi connectivity index (χ1n) is 8.55. The number of aromatic nitrogens is 2. The summed E-state index contributed by atoms with van der Waals surface area (Å²) in [5, 5.41) is 0.578. The quantitative estimate of drug-likeness (QED) is 0.717. The lowest BCUT2D eigenvalue weighted by atomic mass is 9.94. The van der Waals surface area contributed by atoms with E-state index in [4.69, 9.17) is 16.3 Å². The van der Waals surface area contributed by atoms with Gasteiger partial charge in [0.15, 0.2) is 0 Å². The largest absolute Gasteiger partial charge is 0.496 e. The molecular formula is C19H24ClN3O. The van der Waals surface area contributed by atoms with Gasteiger partial charge >= 0.3 is 0 Å². The molecule has 1 unspecified atom stereocenters. The Bertz CT molecular complexity index is 720. The van der Waals surface area contributed by atoms with Crippen LogP contribution in [0.1, 0.15) is 49.3 Å². The maximum absolute atomic E-state index is 6.18. The van der Waals surface area contributed by atoms with Gasteiger partial charge in [0.1, 0.15) is 23.0 Å². The summed E-state index contributed by atoms with van der Waals surface area (Å²) in [6, 6.07) is 6.50. The van der Waals surface area contributed by atoms with Crippen LogP contribution >= 0.6 is 11.6 Å². The molecule has 24 heavy (non-hydrogen) atoms. The molecule has 1 aromatic carbocycles. The van der Waals surface area contributed by atoms with Crippen molar-refractivity contribution in [2.75, 3.05) is 18.6 Å². The van der Waals surface area contributed by atoms with Gasteiger partial charge < -0.3 is 9.64 Å². The van der Waals surface area contributed by atoms with Crippen molar-refractivity contribution in [3.05, 3.63) is 46.4 Å². The number of halogens is 1. The van der Waals surface area contributed by atoms with Crippen LogP contribution in [0.25, 0.3) is 0 Å². The minimum absolute atomic E-state index is 0.493. The predicted molar refractivity (Wildman–Crippen MR) is 98.1 cm³/mol. The number of nitrogens with zero attached hydrogens (tertiary/aromatic N) is 3. The molecule has 1 aromatic heterocycles. The Morgan fingerprint density at radius 1 is 1.33 bits per heavy atom. The Hall–Kier alpha value is -1.81. The second-order valence-corrected chi connectivity index (χ2v) is 6.76. The minimum atomic E-state index is 0.493. The van der Waals surface area contributed by atoms with E-state index in [1.807, 2.05) is 0 Å². The molecule has 0 aliphatic carbocycles. The molecule has 3 rings (SSSR count). The lowest BCUT2D eigenvalue weighted by Gasteiger charge is -2.21. The monoisotopic (exact) mass is 345 g/mol. The van der Waals surface area contributed by atoms with Crippen LogP contribution in [-0.4, -0.2) is 23.6 Å². The van der Waals surface area contributed by atoms with Gasteiger partial charge in [0, 0.05) is 18.7 Å². The van der Waals surface area contributed by atoms with E-state index < -0.39 is 0 Å². The summed E-state index contributed by atoms with van der Waals surface area (Å²) in [6.45, 7) is 6.25. The topological polar surface area (TPSA) is 38.2 Å². The molecule has 0 amide bonds. The number of methoxy groups -OCH3 is 1. The van der Waals surface area contributed by atoms with Gasteiger partial charge in [-0.15, -0.1) is 0 Å². The molecule has 2 aromatic rings. The molecule has 5 heteroatoms. The lowest BCUT2D eigenvalue weighted by molar-refractivity contribution is 0.405. The Morgan fingerprint density at radius 2 is 2.17 bits per heavy atom. The summed E-state index contributed by atoms with van der Waals surface area (Å²) in [4.78, 5) is 10.8. The van der Waals surface area contributed by atoms with Gasteiger partial charge in [-0.05, 0) is 36.0 Å². The molecule has 0 saturated heterocycles. The first kappa shape index (κ1) is 17.0. The molecule has 2 heterocycles. The standard InChI is InChI=1S/C19H24ClN3O/c1-4-5-13(2)16-10-14(6-7-17(16)24-3)11-23-9-8-15-18(20)21-12-22-19(15)23/h6-7,10,12-13H,4-5,8-9,11H2,1-3H3. The van der Waals surface area contributed by atoms with Crippen LogP contribution in [0.4, 0.5) is 5.82 Å². The third kappa shape index (κ3) is 3.34. The average Bonchev–Trinajstić information content (AvgIpc) is 2.99. The summed E-state index contributed by atoms with van der Waals surface area (Å²) >= 11 is 6.18. The van der Waals surface area contributed by atoms with Crippen LogP contribution < -0.4 is 9.64 Å². The summed E-state index contributed by atoms with van der Waals surface area (Å²) in [5.74, 6) is 2.44. The van der Waals surface area contributed by atoms with Crippen molar-refractivity contribution in [2.24, 2.45) is 0 Å². The molecule has 0 N–H and O–H groups in total. The van der Waals surface area contributed by atoms with Crippen LogP contribution in [-0.2, 0) is 13.0 Å². The van der Waals surface area contributed by atoms with Crippen molar-refractivity contribution in [3.8, 4) is 5.75 Å². The molecule has 4 nitrogen and oxygen atoms in total. The molecule has 1 atom stereocenters. The van der Waals surface area contributed by atoms with E-state index in [9.17, 15) is 0 Å². The van der Waals surface area contributed by atoms with Crippen molar-refractivity contribution in [3.63, 3.8) is 0 Å². The highest BCUT2D eigenvalue weighted by molar-refractivity contribution is 6.30. The van der Waals surface area contributed by atoms with Gasteiger partial charge in [0.25, 0.3) is 0 Å². The number of hydrogen-bond acceptors (Lipinski definition) is 4. The maximum atomic E-state index is 6.18. The first-order chi connectivity index (χ1) is 11.6. The van der Waals surface area contributed by atoms with Crippen LogP contribution in [0.5, 0.6) is 5.75 Å². The molecule has 0 radical (unpaired) electrons. The number of benzene rings is 1. The number of anilines is 1. The normalized spacial score (nSPS) is 14.6. The SMILES string of the molecule is CCCC(C)c1cc(CN2CCc3c(Cl)ncnc32)ccc1OC. The summed E-state index contributed by atoms with van der Waals surface area (Å²) in [7, 11) is 1.74. The molecule has 1 aliphatic heterocycles. The van der Waals surface area contributed by atoms with Crippen molar-refractivity contribution >= 4 is 17.4 Å². The van der Waals surface area contributed by atoms with Gasteiger partial charge in [-0.3, -0.25) is 0 Å². The predicted octanol–water partition coefficient (Wildman–Crippen LogP) is 4.60. The van der Waals surface area contributed by atoms with E-state index in [2.05, 4.69) is 46.9 Å². The zero-order valence-corrected chi connectivity index (χ0v) is 15.3. The van der Waals surface area contributed by atoms with Crippen molar-refractivity contribution in [1.82, 2.24) is 9.97 Å². The van der Waals surface area contributed by atoms with Gasteiger partial charge in [0.05, 0.1) is 7.11 Å². The Morgan fingerprint density at radius 3 is 2.92 bits per heavy atom. The van der Waals surface area contributed by atoms with Gasteiger partial charge in [-0.1, -0.05) is 44.0 Å². The van der Waals surface area contributed by atoms with E-state index >= 15 is 0 Å². The fourth-order valence-electron chi connectivity index (χ4n) is 3.45. The fourth-order valence-corrected chi connectivity index (χ4v) is 3.68. The zero-order chi connectivity index (χ0) is 17.1. The number of ether oxygens (including phenoxy) is 1. The highest BCUT2D eigenvalue weighted by atomic mass is 35.5. The Balaban J connectivity index is 1.84. The van der Waals surface area contributed by atoms with Crippen molar-refractivity contribution in [1.29, 1.82) is 0 Å². The second kappa shape index (κ2) is 7.39. The highest BCUT2D eigenvalue weighted by Crippen LogP contribution is 2.33. The van der Waals surface area contributed by atoms with Crippen molar-refractivity contribution in [2.45, 2.75) is 45.6 Å². The van der Waals surface area contributed by atoms with E-state index in [0.717, 1.165) is 43.1 Å². The van der Waals surface area contributed by atoms with E-state index in [1.165, 1.54) is 17.5 Å². The van der Waals surface area contributed by atoms with Gasteiger partial charge in [0.2, 0.25) is 0 Å². The van der Waals surface area contributed by atoms with Crippen molar-refractivity contribution < 1.29 is 4.74 Å². The van der Waals surface area contributed by atoms with Crippen LogP contribution in [0.2, 0.25) is 5.15 Å². The smallest absolute Gasteiger partial charge is 0.137 e. The molecular weight excluding hydrogens is 322 g/mol. The molecule has 1 aliphatic rings. The third-order valence-electron chi connectivity index (χ3n) is 4.72.